The number of nitrogens with one attached hydrogen (secondary N) is 1. The van der Waals surface area contributed by atoms with Crippen LogP contribution in [-0.2, 0) is 22.6 Å². The number of benzene rings is 4. The van der Waals surface area contributed by atoms with Gasteiger partial charge in [-0.05, 0) is 103 Å². The quantitative estimate of drug-likeness (QED) is 0.199. The number of ether oxygens (including phenoxy) is 2. The SMILES string of the molecule is COc1cccc([C@@H](C)NC(C)c2cc(-c3ccc(CF)c(CCC(=O)OC(C)C)c3)c3ccccc3c2)c1. The minimum atomic E-state index is -0.571. The Hall–Kier alpha value is -3.70. The molecule has 0 aliphatic rings. The molecule has 0 spiro atoms. The molecular weight excluding hydrogens is 489 g/mol. The van der Waals surface area contributed by atoms with E-state index < -0.39 is 6.67 Å². The molecule has 0 aliphatic carbocycles. The first-order valence-electron chi connectivity index (χ1n) is 13.6. The van der Waals surface area contributed by atoms with E-state index in [2.05, 4.69) is 55.6 Å². The number of methoxy groups -OCH3 is 1. The van der Waals surface area contributed by atoms with Crippen LogP contribution in [0.2, 0.25) is 0 Å². The number of halogens is 1. The molecular formula is C34H38FNO3. The van der Waals surface area contributed by atoms with Crippen LogP contribution in [0.1, 0.15) is 68.5 Å². The van der Waals surface area contributed by atoms with Crippen LogP contribution in [0.4, 0.5) is 4.39 Å². The highest BCUT2D eigenvalue weighted by molar-refractivity contribution is 5.97. The standard InChI is InChI=1S/C34H38FNO3/c1-22(2)39-34(37)16-15-26-17-28(13-14-29(26)21-35)33-20-30(18-27-9-6-7-12-32(27)33)24(4)36-23(3)25-10-8-11-31(19-25)38-5/h6-14,17-20,22-24,36H,15-16,21H2,1-5H3/t23-,24?/m1/s1. The van der Waals surface area contributed by atoms with E-state index in [0.717, 1.165) is 44.3 Å². The molecule has 4 aromatic carbocycles. The molecule has 0 radical (unpaired) electrons. The summed E-state index contributed by atoms with van der Waals surface area (Å²) in [5.41, 5.74) is 5.86. The number of carbonyl (C=O) groups is 1. The van der Waals surface area contributed by atoms with E-state index in [1.54, 1.807) is 7.11 Å². The van der Waals surface area contributed by atoms with E-state index >= 15 is 0 Å². The van der Waals surface area contributed by atoms with Crippen molar-refractivity contribution in [1.29, 1.82) is 0 Å². The molecule has 204 valence electrons. The summed E-state index contributed by atoms with van der Waals surface area (Å²) >= 11 is 0. The van der Waals surface area contributed by atoms with Crippen molar-refractivity contribution in [3.05, 3.63) is 101 Å². The summed E-state index contributed by atoms with van der Waals surface area (Å²) in [6.45, 7) is 7.41. The minimum Gasteiger partial charge on any atom is -0.497 e. The first kappa shape index (κ1) is 28.3. The van der Waals surface area contributed by atoms with Gasteiger partial charge in [0.15, 0.2) is 0 Å². The second-order valence-corrected chi connectivity index (χ2v) is 10.3. The van der Waals surface area contributed by atoms with Gasteiger partial charge >= 0.3 is 5.97 Å². The van der Waals surface area contributed by atoms with Crippen LogP contribution in [0.25, 0.3) is 21.9 Å². The summed E-state index contributed by atoms with van der Waals surface area (Å²) in [4.78, 5) is 12.2. The highest BCUT2D eigenvalue weighted by atomic mass is 19.1. The van der Waals surface area contributed by atoms with Crippen molar-refractivity contribution in [3.63, 3.8) is 0 Å². The van der Waals surface area contributed by atoms with Crippen molar-refractivity contribution >= 4 is 16.7 Å². The average Bonchev–Trinajstić information content (AvgIpc) is 2.94. The van der Waals surface area contributed by atoms with Crippen LogP contribution >= 0.6 is 0 Å². The van der Waals surface area contributed by atoms with Gasteiger partial charge in [-0.1, -0.05) is 54.6 Å². The number of carbonyl (C=O) groups excluding carboxylic acids is 1. The molecule has 4 nitrogen and oxygen atoms in total. The maximum absolute atomic E-state index is 13.9. The van der Waals surface area contributed by atoms with Gasteiger partial charge < -0.3 is 14.8 Å². The van der Waals surface area contributed by atoms with E-state index in [0.29, 0.717) is 12.0 Å². The summed E-state index contributed by atoms with van der Waals surface area (Å²) < 4.78 is 24.5. The summed E-state index contributed by atoms with van der Waals surface area (Å²) in [7, 11) is 1.68. The smallest absolute Gasteiger partial charge is 0.306 e. The molecule has 0 aliphatic heterocycles. The third-order valence-electron chi connectivity index (χ3n) is 7.10. The van der Waals surface area contributed by atoms with Crippen LogP contribution in [0.3, 0.4) is 0 Å². The fourth-order valence-corrected chi connectivity index (χ4v) is 5.02. The van der Waals surface area contributed by atoms with Crippen molar-refractivity contribution in [1.82, 2.24) is 5.32 Å². The molecule has 0 heterocycles. The van der Waals surface area contributed by atoms with Gasteiger partial charge in [0.05, 0.1) is 13.2 Å². The van der Waals surface area contributed by atoms with Crippen LogP contribution < -0.4 is 10.1 Å². The Kier molecular flexibility index (Phi) is 9.36. The van der Waals surface area contributed by atoms with Crippen molar-refractivity contribution in [2.75, 3.05) is 7.11 Å². The fourth-order valence-electron chi connectivity index (χ4n) is 5.02. The second kappa shape index (κ2) is 12.9. The molecule has 0 bridgehead atoms. The van der Waals surface area contributed by atoms with Crippen LogP contribution in [0, 0.1) is 0 Å². The first-order chi connectivity index (χ1) is 18.8. The van der Waals surface area contributed by atoms with Crippen molar-refractivity contribution in [2.24, 2.45) is 0 Å². The maximum atomic E-state index is 13.9. The van der Waals surface area contributed by atoms with Gasteiger partial charge in [-0.3, -0.25) is 4.79 Å². The Labute approximate surface area is 231 Å². The largest absolute Gasteiger partial charge is 0.497 e. The van der Waals surface area contributed by atoms with Gasteiger partial charge in [0, 0.05) is 18.5 Å². The predicted molar refractivity (Wildman–Crippen MR) is 157 cm³/mol. The van der Waals surface area contributed by atoms with E-state index in [1.165, 1.54) is 0 Å². The summed E-state index contributed by atoms with van der Waals surface area (Å²) in [5, 5.41) is 6.00. The molecule has 4 rings (SSSR count). The highest BCUT2D eigenvalue weighted by Gasteiger charge is 2.16. The zero-order valence-electron chi connectivity index (χ0n) is 23.5. The summed E-state index contributed by atoms with van der Waals surface area (Å²) in [5.74, 6) is 0.574. The number of fused-ring (bicyclic) bond motifs is 1. The molecule has 1 unspecified atom stereocenters. The fraction of sp³-hybridized carbons (Fsp3) is 0.324. The van der Waals surface area contributed by atoms with E-state index in [-0.39, 0.29) is 30.6 Å². The van der Waals surface area contributed by atoms with Gasteiger partial charge in [-0.2, -0.15) is 0 Å². The molecule has 0 saturated carbocycles. The molecule has 39 heavy (non-hydrogen) atoms. The Morgan fingerprint density at radius 3 is 2.36 bits per heavy atom. The van der Waals surface area contributed by atoms with Crippen molar-refractivity contribution in [3.8, 4) is 16.9 Å². The molecule has 0 saturated heterocycles. The normalized spacial score (nSPS) is 12.9. The van der Waals surface area contributed by atoms with E-state index in [1.807, 2.05) is 56.3 Å². The Morgan fingerprint density at radius 2 is 1.62 bits per heavy atom. The third kappa shape index (κ3) is 7.04. The van der Waals surface area contributed by atoms with Crippen LogP contribution in [0.5, 0.6) is 5.75 Å². The minimum absolute atomic E-state index is 0.0740. The van der Waals surface area contributed by atoms with E-state index in [9.17, 15) is 9.18 Å². The van der Waals surface area contributed by atoms with Crippen molar-refractivity contribution in [2.45, 2.75) is 65.4 Å². The zero-order valence-corrected chi connectivity index (χ0v) is 23.5. The molecule has 2 atom stereocenters. The average molecular weight is 528 g/mol. The Bertz CT molecular complexity index is 1430. The lowest BCUT2D eigenvalue weighted by atomic mass is 9.91. The van der Waals surface area contributed by atoms with E-state index in [4.69, 9.17) is 9.47 Å². The summed E-state index contributed by atoms with van der Waals surface area (Å²) in [6, 6.07) is 26.9. The van der Waals surface area contributed by atoms with Crippen LogP contribution in [-0.4, -0.2) is 19.2 Å². The Morgan fingerprint density at radius 1 is 0.846 bits per heavy atom. The Balaban J connectivity index is 1.66. The maximum Gasteiger partial charge on any atom is 0.306 e. The number of hydrogen-bond donors (Lipinski definition) is 1. The van der Waals surface area contributed by atoms with Gasteiger partial charge in [0.1, 0.15) is 12.4 Å². The monoisotopic (exact) mass is 527 g/mol. The molecule has 1 N–H and O–H groups in total. The summed E-state index contributed by atoms with van der Waals surface area (Å²) in [6.07, 6.45) is 0.492. The molecule has 0 amide bonds. The zero-order chi connectivity index (χ0) is 27.9. The lowest BCUT2D eigenvalue weighted by Gasteiger charge is -2.23. The lowest BCUT2D eigenvalue weighted by molar-refractivity contribution is -0.147. The number of esters is 1. The third-order valence-corrected chi connectivity index (χ3v) is 7.10. The molecule has 4 aromatic rings. The molecule has 0 aromatic heterocycles. The number of alkyl halides is 1. The molecule has 0 fully saturated rings. The lowest BCUT2D eigenvalue weighted by Crippen LogP contribution is -2.22. The van der Waals surface area contributed by atoms with Gasteiger partial charge in [0.25, 0.3) is 0 Å². The second-order valence-electron chi connectivity index (χ2n) is 10.3. The molecule has 5 heteroatoms. The van der Waals surface area contributed by atoms with Crippen molar-refractivity contribution < 1.29 is 18.7 Å². The van der Waals surface area contributed by atoms with Gasteiger partial charge in [-0.25, -0.2) is 4.39 Å². The number of aryl methyl sites for hydroxylation is 1. The first-order valence-corrected chi connectivity index (χ1v) is 13.6. The highest BCUT2D eigenvalue weighted by Crippen LogP contribution is 2.34. The topological polar surface area (TPSA) is 47.6 Å². The number of hydrogen-bond acceptors (Lipinski definition) is 4. The predicted octanol–water partition coefficient (Wildman–Crippen LogP) is 8.28. The van der Waals surface area contributed by atoms with Gasteiger partial charge in [0.2, 0.25) is 0 Å². The number of rotatable bonds is 11. The van der Waals surface area contributed by atoms with Crippen LogP contribution in [0.15, 0.2) is 78.9 Å². The van der Waals surface area contributed by atoms with Gasteiger partial charge in [-0.15, -0.1) is 0 Å².